The molecule has 2 saturated carbocycles. The van der Waals surface area contributed by atoms with Gasteiger partial charge in [-0.25, -0.2) is 18.7 Å². The highest BCUT2D eigenvalue weighted by Gasteiger charge is 2.50. The fraction of sp³-hybridized carbons (Fsp3) is 0.722. The van der Waals surface area contributed by atoms with E-state index in [1.54, 1.807) is 6.20 Å². The summed E-state index contributed by atoms with van der Waals surface area (Å²) in [5.41, 5.74) is 0.207. The van der Waals surface area contributed by atoms with Gasteiger partial charge in [0, 0.05) is 44.1 Å². The van der Waals surface area contributed by atoms with E-state index in [1.807, 2.05) is 11.0 Å². The van der Waals surface area contributed by atoms with Gasteiger partial charge in [0.25, 0.3) is 0 Å². The largest absolute Gasteiger partial charge is 0.367 e. The molecule has 1 aromatic rings. The lowest BCUT2D eigenvalue weighted by Gasteiger charge is -2.45. The molecule has 2 aliphatic carbocycles. The lowest BCUT2D eigenvalue weighted by molar-refractivity contribution is -0.139. The van der Waals surface area contributed by atoms with Crippen molar-refractivity contribution in [2.45, 2.75) is 56.9 Å². The topological polar surface area (TPSA) is 58.1 Å². The third kappa shape index (κ3) is 3.46. The number of likely N-dealkylation sites (tertiary alicyclic amines) is 1. The number of carbonyl (C=O) groups is 1. The van der Waals surface area contributed by atoms with Crippen LogP contribution in [0.5, 0.6) is 0 Å². The van der Waals surface area contributed by atoms with Crippen LogP contribution in [0.25, 0.3) is 0 Å². The molecular weight excluding hydrogens is 326 g/mol. The molecule has 1 N–H and O–H groups in total. The molecule has 0 bridgehead atoms. The van der Waals surface area contributed by atoms with Crippen molar-refractivity contribution < 1.29 is 13.6 Å². The smallest absolute Gasteiger partial charge is 0.248 e. The molecule has 1 aromatic heterocycles. The Hall–Kier alpha value is -1.79. The molecule has 136 valence electrons. The molecule has 1 spiro atoms. The number of halogens is 2. The highest BCUT2D eigenvalue weighted by molar-refractivity contribution is 5.79. The van der Waals surface area contributed by atoms with Gasteiger partial charge in [-0.2, -0.15) is 0 Å². The van der Waals surface area contributed by atoms with E-state index in [1.165, 1.54) is 6.33 Å². The molecule has 7 heteroatoms. The van der Waals surface area contributed by atoms with E-state index >= 15 is 0 Å². The third-order valence-corrected chi connectivity index (χ3v) is 6.11. The molecule has 0 atom stereocenters. The first-order chi connectivity index (χ1) is 11.9. The second-order valence-corrected chi connectivity index (χ2v) is 7.98. The van der Waals surface area contributed by atoms with Crippen LogP contribution >= 0.6 is 0 Å². The second kappa shape index (κ2) is 6.18. The lowest BCUT2D eigenvalue weighted by Crippen LogP contribution is -2.48. The minimum atomic E-state index is -2.57. The van der Waals surface area contributed by atoms with Crippen LogP contribution in [0.3, 0.4) is 0 Å². The average Bonchev–Trinajstić information content (AvgIpc) is 3.00. The maximum absolute atomic E-state index is 13.3. The predicted octanol–water partition coefficient (Wildman–Crippen LogP) is 3.10. The number of carbonyl (C=O) groups excluding carboxylic acids is 1. The molecule has 0 unspecified atom stereocenters. The molecule has 1 saturated heterocycles. The summed E-state index contributed by atoms with van der Waals surface area (Å²) in [6.45, 7) is 1.55. The van der Waals surface area contributed by atoms with Gasteiger partial charge >= 0.3 is 0 Å². The van der Waals surface area contributed by atoms with Gasteiger partial charge in [-0.1, -0.05) is 0 Å². The number of hydrogen-bond acceptors (Lipinski definition) is 4. The van der Waals surface area contributed by atoms with Gasteiger partial charge in [0.2, 0.25) is 11.8 Å². The van der Waals surface area contributed by atoms with E-state index in [2.05, 4.69) is 15.3 Å². The number of alkyl halides is 2. The zero-order chi connectivity index (χ0) is 17.5. The minimum Gasteiger partial charge on any atom is -0.367 e. The van der Waals surface area contributed by atoms with Crippen LogP contribution in [-0.2, 0) is 4.79 Å². The Balaban J connectivity index is 1.27. The Morgan fingerprint density at radius 1 is 1.24 bits per heavy atom. The Morgan fingerprint density at radius 2 is 2.00 bits per heavy atom. The number of nitrogens with one attached hydrogen (secondary N) is 1. The highest BCUT2D eigenvalue weighted by Crippen LogP contribution is 2.49. The first kappa shape index (κ1) is 16.7. The Labute approximate surface area is 146 Å². The van der Waals surface area contributed by atoms with Gasteiger partial charge < -0.3 is 10.2 Å². The quantitative estimate of drug-likeness (QED) is 0.910. The SMILES string of the molecule is O=C(C1CCC(F)(F)CC1)N1CCC2(CC(Nc3ccncn3)C2)C1. The first-order valence-electron chi connectivity index (χ1n) is 9.14. The number of rotatable bonds is 3. The summed E-state index contributed by atoms with van der Waals surface area (Å²) in [5.74, 6) is -1.84. The highest BCUT2D eigenvalue weighted by atomic mass is 19.3. The maximum Gasteiger partial charge on any atom is 0.248 e. The number of amides is 1. The van der Waals surface area contributed by atoms with Gasteiger partial charge in [-0.15, -0.1) is 0 Å². The van der Waals surface area contributed by atoms with Crippen molar-refractivity contribution in [1.29, 1.82) is 0 Å². The standard InChI is InChI=1S/C18H24F2N4O/c19-18(20)4-1-13(2-5-18)16(25)24-8-6-17(11-24)9-14(10-17)23-15-3-7-21-12-22-15/h3,7,12-14H,1-2,4-6,8-11H2,(H,21,22,23). The van der Waals surface area contributed by atoms with Crippen molar-refractivity contribution in [1.82, 2.24) is 14.9 Å². The summed E-state index contributed by atoms with van der Waals surface area (Å²) >= 11 is 0. The predicted molar refractivity (Wildman–Crippen MR) is 89.2 cm³/mol. The molecule has 1 amide bonds. The molecule has 3 aliphatic rings. The maximum atomic E-state index is 13.3. The van der Waals surface area contributed by atoms with Crippen molar-refractivity contribution in [2.75, 3.05) is 18.4 Å². The zero-order valence-corrected chi connectivity index (χ0v) is 14.3. The van der Waals surface area contributed by atoms with Crippen LogP contribution in [0.1, 0.15) is 44.9 Å². The summed E-state index contributed by atoms with van der Waals surface area (Å²) in [5, 5.41) is 3.41. The summed E-state index contributed by atoms with van der Waals surface area (Å²) in [6, 6.07) is 2.24. The number of hydrogen-bond donors (Lipinski definition) is 1. The van der Waals surface area contributed by atoms with Crippen molar-refractivity contribution in [3.05, 3.63) is 18.6 Å². The third-order valence-electron chi connectivity index (χ3n) is 6.11. The van der Waals surface area contributed by atoms with Crippen LogP contribution in [0.2, 0.25) is 0 Å². The molecule has 25 heavy (non-hydrogen) atoms. The molecule has 1 aliphatic heterocycles. The van der Waals surface area contributed by atoms with Crippen LogP contribution in [0.4, 0.5) is 14.6 Å². The minimum absolute atomic E-state index is 0.0968. The Kier molecular flexibility index (Phi) is 4.12. The van der Waals surface area contributed by atoms with Crippen molar-refractivity contribution in [3.63, 3.8) is 0 Å². The van der Waals surface area contributed by atoms with Crippen LogP contribution in [0, 0.1) is 11.3 Å². The molecule has 4 rings (SSSR count). The fourth-order valence-corrected chi connectivity index (χ4v) is 4.67. The molecule has 2 heterocycles. The number of aromatic nitrogens is 2. The second-order valence-electron chi connectivity index (χ2n) is 7.98. The van der Waals surface area contributed by atoms with Crippen LogP contribution in [-0.4, -0.2) is 45.8 Å². The van der Waals surface area contributed by atoms with Gasteiger partial charge in [0.05, 0.1) is 0 Å². The van der Waals surface area contributed by atoms with E-state index in [0.717, 1.165) is 38.2 Å². The summed E-state index contributed by atoms with van der Waals surface area (Å²) in [6.07, 6.45) is 6.69. The Morgan fingerprint density at radius 3 is 2.68 bits per heavy atom. The number of anilines is 1. The van der Waals surface area contributed by atoms with E-state index in [9.17, 15) is 13.6 Å². The van der Waals surface area contributed by atoms with Gasteiger partial charge in [0.1, 0.15) is 12.1 Å². The lowest BCUT2D eigenvalue weighted by atomic mass is 9.65. The van der Waals surface area contributed by atoms with Crippen LogP contribution < -0.4 is 5.32 Å². The molecular formula is C18H24F2N4O. The summed E-state index contributed by atoms with van der Waals surface area (Å²) in [7, 11) is 0. The van der Waals surface area contributed by atoms with E-state index in [0.29, 0.717) is 18.9 Å². The summed E-state index contributed by atoms with van der Waals surface area (Å²) < 4.78 is 26.6. The summed E-state index contributed by atoms with van der Waals surface area (Å²) in [4.78, 5) is 22.7. The van der Waals surface area contributed by atoms with Gasteiger partial charge in [-0.05, 0) is 43.6 Å². The molecule has 0 aromatic carbocycles. The van der Waals surface area contributed by atoms with Gasteiger partial charge in [0.15, 0.2) is 0 Å². The normalized spacial score (nSPS) is 25.8. The molecule has 3 fully saturated rings. The van der Waals surface area contributed by atoms with Crippen molar-refractivity contribution in [2.24, 2.45) is 11.3 Å². The van der Waals surface area contributed by atoms with Crippen molar-refractivity contribution in [3.8, 4) is 0 Å². The average molecular weight is 350 g/mol. The number of nitrogens with zero attached hydrogens (tertiary/aromatic N) is 3. The monoisotopic (exact) mass is 350 g/mol. The molecule has 5 nitrogen and oxygen atoms in total. The van der Waals surface area contributed by atoms with E-state index in [-0.39, 0.29) is 30.1 Å². The first-order valence-corrected chi connectivity index (χ1v) is 9.14. The van der Waals surface area contributed by atoms with E-state index in [4.69, 9.17) is 0 Å². The van der Waals surface area contributed by atoms with Gasteiger partial charge in [-0.3, -0.25) is 4.79 Å². The Bertz CT molecular complexity index is 623. The van der Waals surface area contributed by atoms with Crippen LogP contribution in [0.15, 0.2) is 18.6 Å². The van der Waals surface area contributed by atoms with E-state index < -0.39 is 5.92 Å². The molecule has 0 radical (unpaired) electrons. The fourth-order valence-electron chi connectivity index (χ4n) is 4.67. The zero-order valence-electron chi connectivity index (χ0n) is 14.3. The van der Waals surface area contributed by atoms with Crippen molar-refractivity contribution >= 4 is 11.7 Å².